The number of benzene rings is 1. The summed E-state index contributed by atoms with van der Waals surface area (Å²) in [5.74, 6) is -1.79. The molecule has 6 nitrogen and oxygen atoms in total. The molecule has 1 atom stereocenters. The maximum Gasteiger partial charge on any atom is 0.355 e. The molecule has 0 spiro atoms. The van der Waals surface area contributed by atoms with E-state index in [0.29, 0.717) is 13.1 Å². The van der Waals surface area contributed by atoms with Gasteiger partial charge in [0.1, 0.15) is 0 Å². The van der Waals surface area contributed by atoms with Crippen LogP contribution in [0.4, 0.5) is 0 Å². The molecule has 21 heavy (non-hydrogen) atoms. The van der Waals surface area contributed by atoms with Gasteiger partial charge in [0.2, 0.25) is 0 Å². The molecule has 1 aliphatic rings. The molecule has 1 fully saturated rings. The fourth-order valence-corrected chi connectivity index (χ4v) is 3.15. The highest BCUT2D eigenvalue weighted by atomic mass is 32.1. The van der Waals surface area contributed by atoms with Crippen molar-refractivity contribution >= 4 is 33.4 Å². The topological polar surface area (TPSA) is 79.7 Å². The number of carbonyl (C=O) groups excluding carboxylic acids is 1. The number of fused-ring (bicyclic) bond motifs is 1. The highest BCUT2D eigenvalue weighted by molar-refractivity contribution is 7.20. The second-order valence-corrected chi connectivity index (χ2v) is 5.81. The third-order valence-corrected chi connectivity index (χ3v) is 4.29. The van der Waals surface area contributed by atoms with E-state index in [-0.39, 0.29) is 5.19 Å². The lowest BCUT2D eigenvalue weighted by Gasteiger charge is -2.19. The van der Waals surface area contributed by atoms with Crippen molar-refractivity contribution in [3.8, 4) is 5.19 Å². The minimum Gasteiger partial charge on any atom is -0.478 e. The minimum absolute atomic E-state index is 0.205. The lowest BCUT2D eigenvalue weighted by atomic mass is 10.3. The van der Waals surface area contributed by atoms with E-state index in [2.05, 4.69) is 4.98 Å². The van der Waals surface area contributed by atoms with Crippen molar-refractivity contribution in [3.63, 3.8) is 0 Å². The first-order valence-corrected chi connectivity index (χ1v) is 7.50. The van der Waals surface area contributed by atoms with Gasteiger partial charge in [-0.25, -0.2) is 9.78 Å². The first-order chi connectivity index (χ1) is 10.1. The molecule has 1 aromatic heterocycles. The summed E-state index contributed by atoms with van der Waals surface area (Å²) in [5.41, 5.74) is 0.732. The Morgan fingerprint density at radius 2 is 2.00 bits per heavy atom. The van der Waals surface area contributed by atoms with Gasteiger partial charge in [-0.15, -0.1) is 0 Å². The van der Waals surface area contributed by atoms with Crippen LogP contribution in [0.15, 0.2) is 24.3 Å². The molecule has 0 bridgehead atoms. The largest absolute Gasteiger partial charge is 0.478 e. The van der Waals surface area contributed by atoms with Crippen LogP contribution >= 0.6 is 11.3 Å². The summed E-state index contributed by atoms with van der Waals surface area (Å²) in [5, 5.41) is 9.45. The minimum atomic E-state index is -1.52. The molecule has 7 heteroatoms. The first kappa shape index (κ1) is 13.8. The monoisotopic (exact) mass is 306 g/mol. The lowest BCUT2D eigenvalue weighted by Crippen LogP contribution is -2.45. The predicted octanol–water partition coefficient (Wildman–Crippen LogP) is 1.75. The van der Waals surface area contributed by atoms with Gasteiger partial charge in [-0.3, -0.25) is 4.79 Å². The molecule has 1 aliphatic heterocycles. The van der Waals surface area contributed by atoms with Crippen LogP contribution < -0.4 is 4.74 Å². The number of para-hydroxylation sites is 1. The van der Waals surface area contributed by atoms with E-state index in [1.165, 1.54) is 16.2 Å². The Balaban J connectivity index is 1.81. The molecule has 1 unspecified atom stereocenters. The Labute approximate surface area is 125 Å². The molecule has 1 aromatic carbocycles. The van der Waals surface area contributed by atoms with Crippen molar-refractivity contribution in [1.82, 2.24) is 9.88 Å². The number of carboxylic acids is 1. The summed E-state index contributed by atoms with van der Waals surface area (Å²) in [6, 6.07) is 7.40. The number of thiazole rings is 1. The normalized spacial score (nSPS) is 16.1. The molecule has 1 N–H and O–H groups in total. The molecule has 0 radical (unpaired) electrons. The molecule has 2 aromatic rings. The van der Waals surface area contributed by atoms with E-state index >= 15 is 0 Å². The van der Waals surface area contributed by atoms with Crippen molar-refractivity contribution in [3.05, 3.63) is 24.3 Å². The van der Waals surface area contributed by atoms with Gasteiger partial charge < -0.3 is 14.7 Å². The van der Waals surface area contributed by atoms with Crippen molar-refractivity contribution in [2.45, 2.75) is 18.9 Å². The summed E-state index contributed by atoms with van der Waals surface area (Å²) in [7, 11) is 0. The second-order valence-electron chi connectivity index (χ2n) is 4.82. The molecule has 0 aliphatic carbocycles. The van der Waals surface area contributed by atoms with Gasteiger partial charge in [0.25, 0.3) is 17.2 Å². The van der Waals surface area contributed by atoms with Gasteiger partial charge in [-0.1, -0.05) is 23.5 Å². The number of hydrogen-bond donors (Lipinski definition) is 1. The number of carbonyl (C=O) groups is 2. The van der Waals surface area contributed by atoms with E-state index < -0.39 is 18.0 Å². The van der Waals surface area contributed by atoms with Crippen LogP contribution in [-0.4, -0.2) is 46.1 Å². The average molecular weight is 306 g/mol. The van der Waals surface area contributed by atoms with Crippen LogP contribution in [0.1, 0.15) is 12.8 Å². The summed E-state index contributed by atoms with van der Waals surface area (Å²) in [6.45, 7) is 1.18. The molecular formula is C14H14N2O4S. The standard InChI is InChI=1S/C14H14N2O4S/c17-12(16-7-3-4-8-16)11(13(18)19)20-14-15-9-5-1-2-6-10(9)21-14/h1-2,5-6,11H,3-4,7-8H2,(H,18,19). The molecule has 1 saturated heterocycles. The summed E-state index contributed by atoms with van der Waals surface area (Å²) >= 11 is 1.24. The van der Waals surface area contributed by atoms with Gasteiger partial charge in [-0.2, -0.15) is 0 Å². The lowest BCUT2D eigenvalue weighted by molar-refractivity contribution is -0.155. The molecule has 110 valence electrons. The van der Waals surface area contributed by atoms with Gasteiger partial charge in [0.15, 0.2) is 0 Å². The fraction of sp³-hybridized carbons (Fsp3) is 0.357. The van der Waals surface area contributed by atoms with E-state index in [0.717, 1.165) is 23.1 Å². The molecule has 2 heterocycles. The number of likely N-dealkylation sites (tertiary alicyclic amines) is 1. The zero-order chi connectivity index (χ0) is 14.8. The number of amides is 1. The number of nitrogens with zero attached hydrogens (tertiary/aromatic N) is 2. The van der Waals surface area contributed by atoms with Crippen LogP contribution in [0.3, 0.4) is 0 Å². The fourth-order valence-electron chi connectivity index (χ4n) is 2.31. The van der Waals surface area contributed by atoms with Gasteiger partial charge in [-0.05, 0) is 25.0 Å². The summed E-state index contributed by atoms with van der Waals surface area (Å²) < 4.78 is 6.25. The Kier molecular flexibility index (Phi) is 3.74. The number of ether oxygens (including phenoxy) is 1. The van der Waals surface area contributed by atoms with E-state index in [9.17, 15) is 14.7 Å². The average Bonchev–Trinajstić information content (AvgIpc) is 3.12. The number of aromatic nitrogens is 1. The highest BCUT2D eigenvalue weighted by Gasteiger charge is 2.34. The zero-order valence-corrected chi connectivity index (χ0v) is 12.0. The number of carboxylic acid groups (broad SMARTS) is 1. The Morgan fingerprint density at radius 1 is 1.29 bits per heavy atom. The van der Waals surface area contributed by atoms with Crippen molar-refractivity contribution in [2.24, 2.45) is 0 Å². The van der Waals surface area contributed by atoms with Gasteiger partial charge in [0.05, 0.1) is 10.2 Å². The van der Waals surface area contributed by atoms with Gasteiger partial charge in [0, 0.05) is 13.1 Å². The van der Waals surface area contributed by atoms with E-state index in [4.69, 9.17) is 4.74 Å². The Hall–Kier alpha value is -2.15. The van der Waals surface area contributed by atoms with Crippen molar-refractivity contribution in [2.75, 3.05) is 13.1 Å². The third-order valence-electron chi connectivity index (χ3n) is 3.36. The molecule has 3 rings (SSSR count). The Morgan fingerprint density at radius 3 is 2.67 bits per heavy atom. The summed E-state index contributed by atoms with van der Waals surface area (Å²) in [6.07, 6.45) is 0.280. The van der Waals surface area contributed by atoms with Crippen molar-refractivity contribution < 1.29 is 19.4 Å². The van der Waals surface area contributed by atoms with E-state index in [1.54, 1.807) is 0 Å². The zero-order valence-electron chi connectivity index (χ0n) is 11.2. The number of hydrogen-bond acceptors (Lipinski definition) is 5. The van der Waals surface area contributed by atoms with Crippen LogP contribution in [-0.2, 0) is 9.59 Å². The first-order valence-electron chi connectivity index (χ1n) is 6.69. The second kappa shape index (κ2) is 5.69. The van der Waals surface area contributed by atoms with Crippen molar-refractivity contribution in [1.29, 1.82) is 0 Å². The predicted molar refractivity (Wildman–Crippen MR) is 77.5 cm³/mol. The maximum atomic E-state index is 12.2. The third kappa shape index (κ3) is 2.82. The molecule has 1 amide bonds. The van der Waals surface area contributed by atoms with E-state index in [1.807, 2.05) is 24.3 Å². The number of rotatable bonds is 4. The summed E-state index contributed by atoms with van der Waals surface area (Å²) in [4.78, 5) is 29.3. The van der Waals surface area contributed by atoms with Crippen LogP contribution in [0, 0.1) is 0 Å². The SMILES string of the molecule is O=C(O)C(Oc1nc2ccccc2s1)C(=O)N1CCCC1. The number of aliphatic carboxylic acids is 1. The molecular weight excluding hydrogens is 292 g/mol. The smallest absolute Gasteiger partial charge is 0.355 e. The van der Waals surface area contributed by atoms with Crippen LogP contribution in [0.5, 0.6) is 5.19 Å². The molecule has 0 saturated carbocycles. The van der Waals surface area contributed by atoms with Crippen LogP contribution in [0.2, 0.25) is 0 Å². The highest BCUT2D eigenvalue weighted by Crippen LogP contribution is 2.28. The maximum absolute atomic E-state index is 12.2. The Bertz CT molecular complexity index is 645. The van der Waals surface area contributed by atoms with Crippen LogP contribution in [0.25, 0.3) is 10.2 Å². The quantitative estimate of drug-likeness (QED) is 0.871. The van der Waals surface area contributed by atoms with Gasteiger partial charge >= 0.3 is 5.97 Å².